The van der Waals surface area contributed by atoms with Crippen molar-refractivity contribution in [1.82, 2.24) is 25.8 Å². The highest BCUT2D eigenvalue weighted by Crippen LogP contribution is 2.57. The van der Waals surface area contributed by atoms with Gasteiger partial charge in [0.2, 0.25) is 23.6 Å². The molecule has 23 nitrogen and oxygen atoms in total. The lowest BCUT2D eigenvalue weighted by molar-refractivity contribution is -0.132. The third-order valence-corrected chi connectivity index (χ3v) is 15.3. The minimum atomic E-state index is -1.47. The monoisotopic (exact) mass is 1120 g/mol. The maximum Gasteiger partial charge on any atom is 0.416 e. The van der Waals surface area contributed by atoms with Crippen LogP contribution in [0.2, 0.25) is 0 Å². The first kappa shape index (κ1) is 57.1. The molecule has 1 unspecified atom stereocenters. The Morgan fingerprint density at radius 1 is 0.815 bits per heavy atom. The molecule has 0 radical (unpaired) electrons. The second-order valence-electron chi connectivity index (χ2n) is 21.2. The summed E-state index contributed by atoms with van der Waals surface area (Å²) in [7, 11) is 4.58. The normalized spacial score (nSPS) is 19.0. The second kappa shape index (κ2) is 24.4. The Morgan fingerprint density at radius 3 is 2.19 bits per heavy atom. The molecular formula is C58H69N9O14. The topological polar surface area (TPSA) is 291 Å². The second-order valence-corrected chi connectivity index (χ2v) is 21.2. The molecule has 1 saturated carbocycles. The summed E-state index contributed by atoms with van der Waals surface area (Å²) in [4.78, 5) is 97.4. The molecule has 81 heavy (non-hydrogen) atoms. The number of hydrogen-bond donors (Lipinski definition) is 7. The lowest BCUT2D eigenvalue weighted by Crippen LogP contribution is -2.55. The summed E-state index contributed by atoms with van der Waals surface area (Å²) in [6, 6.07) is 17.8. The van der Waals surface area contributed by atoms with Crippen molar-refractivity contribution in [1.29, 1.82) is 0 Å². The number of rotatable bonds is 21. The lowest BCUT2D eigenvalue weighted by atomic mass is 10.0. The van der Waals surface area contributed by atoms with Crippen LogP contribution in [0.15, 0.2) is 79.0 Å². The lowest BCUT2D eigenvalue weighted by Gasteiger charge is -2.31. The first-order chi connectivity index (χ1) is 38.9. The summed E-state index contributed by atoms with van der Waals surface area (Å²) >= 11 is 0. The first-order valence-corrected chi connectivity index (χ1v) is 27.0. The minimum absolute atomic E-state index is 0.0745. The number of carbonyl (C=O) groups is 7. The van der Waals surface area contributed by atoms with Crippen molar-refractivity contribution in [3.63, 3.8) is 0 Å². The molecule has 4 aliphatic heterocycles. The van der Waals surface area contributed by atoms with E-state index in [1.165, 1.54) is 33.3 Å². The van der Waals surface area contributed by atoms with Crippen LogP contribution in [0.5, 0.6) is 28.7 Å². The van der Waals surface area contributed by atoms with Crippen LogP contribution in [0.3, 0.4) is 0 Å². The van der Waals surface area contributed by atoms with Gasteiger partial charge in [-0.05, 0) is 97.0 Å². The Labute approximate surface area is 468 Å². The van der Waals surface area contributed by atoms with Crippen molar-refractivity contribution < 1.29 is 67.1 Å². The Morgan fingerprint density at radius 2 is 1.52 bits per heavy atom. The average Bonchev–Trinajstić information content (AvgIpc) is 4.08. The predicted molar refractivity (Wildman–Crippen MR) is 297 cm³/mol. The van der Waals surface area contributed by atoms with E-state index in [1.807, 2.05) is 30.5 Å². The number of methoxy groups -OCH3 is 3. The number of aliphatic hydroxyl groups excluding tert-OH is 1. The summed E-state index contributed by atoms with van der Waals surface area (Å²) in [5.74, 6) is -1.17. The van der Waals surface area contributed by atoms with E-state index in [0.717, 1.165) is 34.6 Å². The summed E-state index contributed by atoms with van der Waals surface area (Å²) in [6.45, 7) is 5.26. The Bertz CT molecular complexity index is 3110. The SMILES string of the molecule is COc1cccc(C2=CN3C(=O)c4cc(OC)c(OCCCOc5cc6c(cc5OC)C(=O)N5CC7(CC7)C[C@H]5C(O)N6C(=O)OCc5ccc(NC(=O)[C@H](C)NC(=O)[C@@H](NC(=O)CNC(=O)CN)C(C)C)cc5)cc4NC[C@@H]3C2)c1. The van der Waals surface area contributed by atoms with Gasteiger partial charge in [0, 0.05) is 43.5 Å². The van der Waals surface area contributed by atoms with Crippen LogP contribution >= 0.6 is 0 Å². The van der Waals surface area contributed by atoms with E-state index in [-0.39, 0.29) is 84.8 Å². The van der Waals surface area contributed by atoms with Crippen LogP contribution in [0.4, 0.5) is 21.9 Å². The van der Waals surface area contributed by atoms with Crippen LogP contribution in [0, 0.1) is 11.3 Å². The molecule has 8 N–H and O–H groups in total. The van der Waals surface area contributed by atoms with Gasteiger partial charge in [0.05, 0.1) is 82.2 Å². The highest BCUT2D eigenvalue weighted by atomic mass is 16.6. The van der Waals surface area contributed by atoms with Gasteiger partial charge in [0.15, 0.2) is 29.2 Å². The van der Waals surface area contributed by atoms with E-state index >= 15 is 0 Å². The molecule has 5 aliphatic rings. The van der Waals surface area contributed by atoms with E-state index < -0.39 is 54.1 Å². The summed E-state index contributed by atoms with van der Waals surface area (Å²) in [5, 5.41) is 25.8. The summed E-state index contributed by atoms with van der Waals surface area (Å²) in [6.07, 6.45) is 2.85. The number of amides is 7. The third kappa shape index (κ3) is 12.6. The Kier molecular flexibility index (Phi) is 17.2. The van der Waals surface area contributed by atoms with Crippen molar-refractivity contribution in [3.05, 3.63) is 101 Å². The van der Waals surface area contributed by atoms with Gasteiger partial charge in [-0.15, -0.1) is 0 Å². The number of fused-ring (bicyclic) bond motifs is 4. The van der Waals surface area contributed by atoms with Gasteiger partial charge >= 0.3 is 6.09 Å². The average molecular weight is 1120 g/mol. The smallest absolute Gasteiger partial charge is 0.416 e. The first-order valence-electron chi connectivity index (χ1n) is 27.0. The van der Waals surface area contributed by atoms with Crippen LogP contribution in [0.1, 0.15) is 84.7 Å². The molecule has 7 amide bonds. The number of ether oxygens (including phenoxy) is 6. The molecule has 9 rings (SSSR count). The zero-order chi connectivity index (χ0) is 57.7. The molecule has 5 atom stereocenters. The number of nitrogens with one attached hydrogen (secondary N) is 5. The fourth-order valence-electron chi connectivity index (χ4n) is 10.6. The molecule has 430 valence electrons. The van der Waals surface area contributed by atoms with Crippen molar-refractivity contribution in [3.8, 4) is 28.7 Å². The Balaban J connectivity index is 0.830. The highest BCUT2D eigenvalue weighted by molar-refractivity contribution is 6.06. The van der Waals surface area contributed by atoms with E-state index in [4.69, 9.17) is 34.2 Å². The van der Waals surface area contributed by atoms with Gasteiger partial charge in [-0.25, -0.2) is 9.69 Å². The Hall–Kier alpha value is -8.57. The van der Waals surface area contributed by atoms with E-state index in [9.17, 15) is 38.7 Å². The maximum absolute atomic E-state index is 14.4. The minimum Gasteiger partial charge on any atom is -0.497 e. The van der Waals surface area contributed by atoms with Crippen LogP contribution in [0.25, 0.3) is 5.57 Å². The summed E-state index contributed by atoms with van der Waals surface area (Å²) < 4.78 is 35.2. The van der Waals surface area contributed by atoms with Gasteiger partial charge in [-0.3, -0.25) is 28.8 Å². The number of nitrogens with two attached hydrogens (primary N) is 1. The van der Waals surface area contributed by atoms with Gasteiger partial charge in [-0.2, -0.15) is 0 Å². The largest absolute Gasteiger partial charge is 0.497 e. The highest BCUT2D eigenvalue weighted by Gasteiger charge is 2.58. The van der Waals surface area contributed by atoms with E-state index in [1.54, 1.807) is 67.2 Å². The number of benzene rings is 4. The zero-order valence-corrected chi connectivity index (χ0v) is 46.1. The zero-order valence-electron chi connectivity index (χ0n) is 46.1. The van der Waals surface area contributed by atoms with Crippen molar-refractivity contribution in [2.24, 2.45) is 17.1 Å². The molecule has 0 aromatic heterocycles. The standard InChI is InChI=1S/C58H69N9O14/c1-32(2)51(64-50(69)28-61-49(68)26-59)53(71)62-33(3)52(70)63-37-13-11-34(12-14-37)30-81-57(75)67-43-24-48(46(78-6)22-41(43)55(73)66-31-58(15-16-58)25-44(66)56(67)74)80-18-8-17-79-47-23-42-40(21-45(47)77-5)54(72)65-29-36(19-38(65)27-60-42)35-9-7-10-39(20-35)76-4/h7,9-14,20-24,29,32-33,38,44,51,56,60,74H,8,15-19,25-28,30-31,59H2,1-6H3,(H,61,68)(H,62,71)(H,63,70)(H,64,69)/t33-,38-,44-,51-,56?/m0/s1. The third-order valence-electron chi connectivity index (χ3n) is 15.3. The fourth-order valence-corrected chi connectivity index (χ4v) is 10.6. The van der Waals surface area contributed by atoms with Gasteiger partial charge < -0.3 is 75.6 Å². The van der Waals surface area contributed by atoms with Crippen LogP contribution < -0.4 is 60.9 Å². The molecule has 4 heterocycles. The maximum atomic E-state index is 14.4. The fraction of sp³-hybridized carbons (Fsp3) is 0.431. The number of carbonyl (C=O) groups excluding carboxylic acids is 7. The van der Waals surface area contributed by atoms with E-state index in [0.29, 0.717) is 66.4 Å². The van der Waals surface area contributed by atoms with Crippen molar-refractivity contribution in [2.75, 3.05) is 76.3 Å². The molecule has 4 aromatic carbocycles. The van der Waals surface area contributed by atoms with Gasteiger partial charge in [-0.1, -0.05) is 38.1 Å². The quantitative estimate of drug-likeness (QED) is 0.0570. The molecule has 1 aliphatic carbocycles. The molecule has 1 spiro atoms. The van der Waals surface area contributed by atoms with E-state index in [2.05, 4.69) is 26.6 Å². The van der Waals surface area contributed by atoms with Crippen molar-refractivity contribution in [2.45, 2.75) is 89.9 Å². The molecule has 23 heteroatoms. The number of hydrogen-bond acceptors (Lipinski definition) is 16. The summed E-state index contributed by atoms with van der Waals surface area (Å²) in [5.41, 5.74) is 9.34. The van der Waals surface area contributed by atoms with Crippen LogP contribution in [-0.4, -0.2) is 148 Å². The molecule has 0 bridgehead atoms. The van der Waals surface area contributed by atoms with Crippen molar-refractivity contribution >= 4 is 64.2 Å². The molecule has 2 fully saturated rings. The number of nitrogens with zero attached hydrogens (tertiary/aromatic N) is 3. The predicted octanol–water partition coefficient (Wildman–Crippen LogP) is 4.37. The number of anilines is 3. The molecule has 4 aromatic rings. The van der Waals surface area contributed by atoms with Gasteiger partial charge in [0.1, 0.15) is 24.4 Å². The molecule has 1 saturated heterocycles. The van der Waals surface area contributed by atoms with Gasteiger partial charge in [0.25, 0.3) is 11.8 Å². The number of aliphatic hydroxyl groups is 1. The molecular weight excluding hydrogens is 1050 g/mol. The van der Waals surface area contributed by atoms with Crippen LogP contribution in [-0.2, 0) is 30.5 Å².